The molecule has 0 unspecified atom stereocenters. The van der Waals surface area contributed by atoms with Crippen LogP contribution in [0, 0.1) is 5.92 Å². The van der Waals surface area contributed by atoms with Crippen molar-refractivity contribution in [1.82, 2.24) is 0 Å². The van der Waals surface area contributed by atoms with Gasteiger partial charge in [-0.3, -0.25) is 0 Å². The first kappa shape index (κ1) is 19.1. The molecule has 29 heavy (non-hydrogen) atoms. The SMILES string of the molecule is Clc1ccc([C@@H]2Nc3ccc(CSc4ccccc4)cc3[C@H]3C=CC[C@@H]32)c(Cl)c1. The molecule has 0 bridgehead atoms. The van der Waals surface area contributed by atoms with E-state index in [4.69, 9.17) is 23.2 Å². The van der Waals surface area contributed by atoms with Crippen LogP contribution >= 0.6 is 35.0 Å². The molecule has 0 fully saturated rings. The van der Waals surface area contributed by atoms with Gasteiger partial charge in [-0.15, -0.1) is 11.8 Å². The van der Waals surface area contributed by atoms with Crippen LogP contribution in [0.25, 0.3) is 0 Å². The lowest BCUT2D eigenvalue weighted by Gasteiger charge is -2.38. The summed E-state index contributed by atoms with van der Waals surface area (Å²) in [5.74, 6) is 1.87. The van der Waals surface area contributed by atoms with Gasteiger partial charge in [-0.25, -0.2) is 0 Å². The Balaban J connectivity index is 1.43. The van der Waals surface area contributed by atoms with Gasteiger partial charge in [0.2, 0.25) is 0 Å². The van der Waals surface area contributed by atoms with Crippen molar-refractivity contribution in [2.75, 3.05) is 5.32 Å². The molecule has 3 aromatic rings. The lowest BCUT2D eigenvalue weighted by molar-refractivity contribution is 0.425. The molecule has 1 aliphatic carbocycles. The van der Waals surface area contributed by atoms with Crippen LogP contribution in [0.4, 0.5) is 5.69 Å². The third kappa shape index (κ3) is 3.82. The minimum atomic E-state index is 0.191. The molecule has 3 atom stereocenters. The first-order valence-corrected chi connectivity index (χ1v) is 11.6. The first-order chi connectivity index (χ1) is 14.2. The molecule has 0 amide bonds. The van der Waals surface area contributed by atoms with Crippen molar-refractivity contribution in [3.05, 3.63) is 106 Å². The fourth-order valence-corrected chi connectivity index (χ4v) is 5.87. The summed E-state index contributed by atoms with van der Waals surface area (Å²) in [6.07, 6.45) is 5.74. The summed E-state index contributed by atoms with van der Waals surface area (Å²) < 4.78 is 0. The summed E-state index contributed by atoms with van der Waals surface area (Å²) in [5.41, 5.74) is 5.10. The van der Waals surface area contributed by atoms with Crippen LogP contribution in [-0.4, -0.2) is 0 Å². The lowest BCUT2D eigenvalue weighted by atomic mass is 9.76. The molecule has 0 spiro atoms. The molecular formula is C25H21Cl2NS. The van der Waals surface area contributed by atoms with Crippen LogP contribution < -0.4 is 5.32 Å². The molecule has 1 aliphatic heterocycles. The second kappa shape index (κ2) is 8.10. The van der Waals surface area contributed by atoms with E-state index >= 15 is 0 Å². The molecule has 0 saturated heterocycles. The van der Waals surface area contributed by atoms with Crippen molar-refractivity contribution >= 4 is 40.7 Å². The minimum Gasteiger partial charge on any atom is -0.378 e. The van der Waals surface area contributed by atoms with Gasteiger partial charge in [-0.1, -0.05) is 71.8 Å². The molecule has 4 heteroatoms. The number of hydrogen-bond acceptors (Lipinski definition) is 2. The average Bonchev–Trinajstić information content (AvgIpc) is 3.23. The molecule has 0 radical (unpaired) electrons. The highest BCUT2D eigenvalue weighted by molar-refractivity contribution is 7.98. The van der Waals surface area contributed by atoms with E-state index in [9.17, 15) is 0 Å². The van der Waals surface area contributed by atoms with Crippen molar-refractivity contribution < 1.29 is 0 Å². The largest absolute Gasteiger partial charge is 0.378 e. The van der Waals surface area contributed by atoms with Gasteiger partial charge in [-0.2, -0.15) is 0 Å². The highest BCUT2D eigenvalue weighted by Gasteiger charge is 2.38. The van der Waals surface area contributed by atoms with Crippen LogP contribution in [0.5, 0.6) is 0 Å². The molecule has 0 saturated carbocycles. The van der Waals surface area contributed by atoms with Crippen LogP contribution in [0.1, 0.15) is 35.1 Å². The van der Waals surface area contributed by atoms with Gasteiger partial charge in [0.05, 0.1) is 6.04 Å². The Labute approximate surface area is 186 Å². The predicted octanol–water partition coefficient (Wildman–Crippen LogP) is 8.11. The van der Waals surface area contributed by atoms with Gasteiger partial charge < -0.3 is 5.32 Å². The van der Waals surface area contributed by atoms with E-state index in [1.165, 1.54) is 21.7 Å². The molecule has 2 aliphatic rings. The number of anilines is 1. The van der Waals surface area contributed by atoms with Crippen LogP contribution in [0.15, 0.2) is 83.8 Å². The summed E-state index contributed by atoms with van der Waals surface area (Å²) >= 11 is 14.6. The summed E-state index contributed by atoms with van der Waals surface area (Å²) in [7, 11) is 0. The second-order valence-electron chi connectivity index (χ2n) is 7.66. The number of halogens is 2. The third-order valence-corrected chi connectivity index (χ3v) is 7.52. The molecule has 3 aromatic carbocycles. The number of allylic oxidation sites excluding steroid dienone is 2. The van der Waals surface area contributed by atoms with E-state index in [0.29, 0.717) is 16.9 Å². The smallest absolute Gasteiger partial charge is 0.0568 e. The fourth-order valence-electron chi connectivity index (χ4n) is 4.48. The van der Waals surface area contributed by atoms with Crippen LogP contribution in [0.2, 0.25) is 10.0 Å². The van der Waals surface area contributed by atoms with E-state index in [1.54, 1.807) is 0 Å². The number of nitrogens with one attached hydrogen (secondary N) is 1. The standard InChI is InChI=1S/C25H21Cl2NS/c26-17-10-11-21(23(27)14-17)25-20-8-4-7-19(20)22-13-16(9-12-24(22)28-25)15-29-18-5-2-1-3-6-18/h1-7,9-14,19-20,25,28H,8,15H2/t19-,20-,25+/m0/s1. The van der Waals surface area contributed by atoms with E-state index < -0.39 is 0 Å². The van der Waals surface area contributed by atoms with Gasteiger partial charge in [0.25, 0.3) is 0 Å². The van der Waals surface area contributed by atoms with Crippen molar-refractivity contribution in [2.45, 2.75) is 29.0 Å². The highest BCUT2D eigenvalue weighted by Crippen LogP contribution is 2.51. The normalized spacial score (nSPS) is 22.1. The Bertz CT molecular complexity index is 1060. The van der Waals surface area contributed by atoms with Crippen LogP contribution in [0.3, 0.4) is 0 Å². The van der Waals surface area contributed by atoms with Crippen molar-refractivity contribution in [2.24, 2.45) is 5.92 Å². The zero-order valence-electron chi connectivity index (χ0n) is 15.8. The Kier molecular flexibility index (Phi) is 5.34. The lowest BCUT2D eigenvalue weighted by Crippen LogP contribution is -2.29. The second-order valence-corrected chi connectivity index (χ2v) is 9.56. The van der Waals surface area contributed by atoms with E-state index in [1.807, 2.05) is 23.9 Å². The van der Waals surface area contributed by atoms with Crippen LogP contribution in [-0.2, 0) is 5.75 Å². The quantitative estimate of drug-likeness (QED) is 0.326. The molecule has 5 rings (SSSR count). The number of fused-ring (bicyclic) bond motifs is 3. The zero-order chi connectivity index (χ0) is 19.8. The number of hydrogen-bond donors (Lipinski definition) is 1. The molecule has 1 heterocycles. The number of thioether (sulfide) groups is 1. The molecular weight excluding hydrogens is 417 g/mol. The maximum Gasteiger partial charge on any atom is 0.0568 e. The van der Waals surface area contributed by atoms with Crippen molar-refractivity contribution in [1.29, 1.82) is 0 Å². The highest BCUT2D eigenvalue weighted by atomic mass is 35.5. The third-order valence-electron chi connectivity index (χ3n) is 5.87. The molecule has 1 nitrogen and oxygen atoms in total. The van der Waals surface area contributed by atoms with Gasteiger partial charge in [0.1, 0.15) is 0 Å². The zero-order valence-corrected chi connectivity index (χ0v) is 18.1. The van der Waals surface area contributed by atoms with E-state index in [-0.39, 0.29) is 6.04 Å². The fraction of sp³-hybridized carbons (Fsp3) is 0.200. The minimum absolute atomic E-state index is 0.191. The van der Waals surface area contributed by atoms with Crippen molar-refractivity contribution in [3.8, 4) is 0 Å². The molecule has 0 aromatic heterocycles. The monoisotopic (exact) mass is 437 g/mol. The Morgan fingerprint density at radius 2 is 1.79 bits per heavy atom. The topological polar surface area (TPSA) is 12.0 Å². The maximum absolute atomic E-state index is 6.56. The summed E-state index contributed by atoms with van der Waals surface area (Å²) in [5, 5.41) is 5.19. The van der Waals surface area contributed by atoms with E-state index in [2.05, 4.69) is 72.1 Å². The van der Waals surface area contributed by atoms with Gasteiger partial charge in [0, 0.05) is 32.3 Å². The Morgan fingerprint density at radius 1 is 0.931 bits per heavy atom. The summed E-state index contributed by atoms with van der Waals surface area (Å²) in [4.78, 5) is 1.31. The van der Waals surface area contributed by atoms with Gasteiger partial charge >= 0.3 is 0 Å². The summed E-state index contributed by atoms with van der Waals surface area (Å²) in [6, 6.07) is 23.5. The average molecular weight is 438 g/mol. The first-order valence-electron chi connectivity index (χ1n) is 9.88. The predicted molar refractivity (Wildman–Crippen MR) is 125 cm³/mol. The van der Waals surface area contributed by atoms with Gasteiger partial charge in [-0.05, 0) is 59.4 Å². The summed E-state index contributed by atoms with van der Waals surface area (Å²) in [6.45, 7) is 0. The Morgan fingerprint density at radius 3 is 2.62 bits per heavy atom. The molecule has 1 N–H and O–H groups in total. The number of benzene rings is 3. The van der Waals surface area contributed by atoms with Gasteiger partial charge in [0.15, 0.2) is 0 Å². The molecule has 146 valence electrons. The number of rotatable bonds is 4. The van der Waals surface area contributed by atoms with Crippen molar-refractivity contribution in [3.63, 3.8) is 0 Å². The maximum atomic E-state index is 6.56. The van der Waals surface area contributed by atoms with E-state index in [0.717, 1.165) is 22.8 Å². The Hall–Kier alpha value is -1.87.